The fraction of sp³-hybridized carbons (Fsp3) is 0.435. The Kier molecular flexibility index (Phi) is 5.88. The maximum atomic E-state index is 12.6. The Morgan fingerprint density at radius 2 is 1.83 bits per heavy atom. The number of nitrogens with zero attached hydrogens (tertiary/aromatic N) is 2. The quantitative estimate of drug-likeness (QED) is 0.498. The molecule has 1 unspecified atom stereocenters. The van der Waals surface area contributed by atoms with Gasteiger partial charge < -0.3 is 14.4 Å². The Morgan fingerprint density at radius 1 is 1.10 bits per heavy atom. The van der Waals surface area contributed by atoms with Crippen LogP contribution in [0, 0.1) is 10.1 Å². The lowest BCUT2D eigenvalue weighted by Gasteiger charge is -2.19. The zero-order valence-corrected chi connectivity index (χ0v) is 17.1. The zero-order valence-electron chi connectivity index (χ0n) is 17.1. The van der Waals surface area contributed by atoms with Gasteiger partial charge in [-0.1, -0.05) is 18.2 Å². The van der Waals surface area contributed by atoms with Gasteiger partial charge in [-0.25, -0.2) is 0 Å². The van der Waals surface area contributed by atoms with Crippen molar-refractivity contribution in [3.63, 3.8) is 0 Å². The third-order valence-electron chi connectivity index (χ3n) is 5.99. The molecular weight excluding hydrogens is 384 g/mol. The number of methoxy groups -OCH3 is 1. The van der Waals surface area contributed by atoms with E-state index in [0.717, 1.165) is 35.5 Å². The number of hydrogen-bond acceptors (Lipinski definition) is 5. The lowest BCUT2D eigenvalue weighted by atomic mass is 9.98. The van der Waals surface area contributed by atoms with Gasteiger partial charge in [0.2, 0.25) is 5.91 Å². The summed E-state index contributed by atoms with van der Waals surface area (Å²) in [4.78, 5) is 24.8. The smallest absolute Gasteiger partial charge is 0.269 e. The van der Waals surface area contributed by atoms with Crippen LogP contribution in [0.1, 0.15) is 49.1 Å². The van der Waals surface area contributed by atoms with Crippen molar-refractivity contribution in [2.24, 2.45) is 0 Å². The summed E-state index contributed by atoms with van der Waals surface area (Å²) < 4.78 is 11.7. The number of hydrogen-bond donors (Lipinski definition) is 0. The summed E-state index contributed by atoms with van der Waals surface area (Å²) in [6, 6.07) is 12.3. The van der Waals surface area contributed by atoms with E-state index in [4.69, 9.17) is 9.47 Å². The fourth-order valence-corrected chi connectivity index (χ4v) is 4.32. The highest BCUT2D eigenvalue weighted by molar-refractivity contribution is 5.79. The molecule has 1 atom stereocenters. The zero-order chi connectivity index (χ0) is 21.1. The van der Waals surface area contributed by atoms with Crippen molar-refractivity contribution in [2.75, 3.05) is 13.7 Å². The van der Waals surface area contributed by atoms with Gasteiger partial charge in [-0.05, 0) is 48.9 Å². The molecule has 158 valence electrons. The van der Waals surface area contributed by atoms with Crippen LogP contribution < -0.4 is 9.47 Å². The van der Waals surface area contributed by atoms with Crippen molar-refractivity contribution in [2.45, 2.75) is 50.7 Å². The molecule has 7 nitrogen and oxygen atoms in total. The molecule has 4 rings (SSSR count). The molecule has 1 aliphatic heterocycles. The fourth-order valence-electron chi connectivity index (χ4n) is 4.32. The van der Waals surface area contributed by atoms with Gasteiger partial charge in [0.05, 0.1) is 18.1 Å². The van der Waals surface area contributed by atoms with Crippen LogP contribution in [0.15, 0.2) is 42.5 Å². The van der Waals surface area contributed by atoms with Gasteiger partial charge in [-0.3, -0.25) is 14.9 Å². The first-order valence-corrected chi connectivity index (χ1v) is 10.4. The van der Waals surface area contributed by atoms with Gasteiger partial charge in [-0.15, -0.1) is 0 Å². The number of benzene rings is 2. The minimum absolute atomic E-state index is 0.0531. The maximum Gasteiger partial charge on any atom is 0.269 e. The number of ether oxygens (including phenoxy) is 2. The molecule has 0 aromatic heterocycles. The molecule has 7 heteroatoms. The number of likely N-dealkylation sites (tertiary alicyclic amines) is 1. The second kappa shape index (κ2) is 8.73. The Labute approximate surface area is 175 Å². The average molecular weight is 410 g/mol. The highest BCUT2D eigenvalue weighted by Crippen LogP contribution is 2.37. The third-order valence-corrected chi connectivity index (χ3v) is 5.99. The molecule has 0 N–H and O–H groups in total. The van der Waals surface area contributed by atoms with Gasteiger partial charge in [0.1, 0.15) is 0 Å². The molecule has 0 bridgehead atoms. The van der Waals surface area contributed by atoms with Crippen LogP contribution in [0.4, 0.5) is 5.69 Å². The summed E-state index contributed by atoms with van der Waals surface area (Å²) in [5, 5.41) is 10.8. The van der Waals surface area contributed by atoms with Gasteiger partial charge in [0.15, 0.2) is 11.5 Å². The van der Waals surface area contributed by atoms with E-state index in [2.05, 4.69) is 0 Å². The highest BCUT2D eigenvalue weighted by atomic mass is 16.6. The van der Waals surface area contributed by atoms with Crippen molar-refractivity contribution < 1.29 is 19.2 Å². The second-order valence-electron chi connectivity index (χ2n) is 8.03. The predicted octanol–water partition coefficient (Wildman–Crippen LogP) is 4.44. The molecule has 2 aromatic carbocycles. The molecule has 1 saturated carbocycles. The van der Waals surface area contributed by atoms with E-state index in [1.807, 2.05) is 23.1 Å². The summed E-state index contributed by atoms with van der Waals surface area (Å²) >= 11 is 0. The van der Waals surface area contributed by atoms with Gasteiger partial charge in [0, 0.05) is 37.6 Å². The van der Waals surface area contributed by atoms with E-state index in [1.165, 1.54) is 25.0 Å². The maximum absolute atomic E-state index is 12.6. The van der Waals surface area contributed by atoms with E-state index in [1.54, 1.807) is 19.2 Å². The molecular formula is C23H26N2O5. The third kappa shape index (κ3) is 4.40. The van der Waals surface area contributed by atoms with Crippen LogP contribution in [0.3, 0.4) is 0 Å². The van der Waals surface area contributed by atoms with Crippen LogP contribution in [-0.4, -0.2) is 35.5 Å². The molecule has 1 amide bonds. The monoisotopic (exact) mass is 410 g/mol. The largest absolute Gasteiger partial charge is 0.493 e. The predicted molar refractivity (Wildman–Crippen MR) is 112 cm³/mol. The Morgan fingerprint density at radius 3 is 2.50 bits per heavy atom. The summed E-state index contributed by atoms with van der Waals surface area (Å²) in [6.07, 6.45) is 5.21. The molecule has 2 fully saturated rings. The van der Waals surface area contributed by atoms with E-state index < -0.39 is 4.92 Å². The number of rotatable bonds is 7. The van der Waals surface area contributed by atoms with E-state index in [9.17, 15) is 14.9 Å². The first-order valence-electron chi connectivity index (χ1n) is 10.4. The van der Waals surface area contributed by atoms with E-state index in [0.29, 0.717) is 19.5 Å². The van der Waals surface area contributed by atoms with Gasteiger partial charge in [-0.2, -0.15) is 0 Å². The molecule has 2 aromatic rings. The minimum Gasteiger partial charge on any atom is -0.493 e. The van der Waals surface area contributed by atoms with E-state index in [-0.39, 0.29) is 23.6 Å². The van der Waals surface area contributed by atoms with Crippen molar-refractivity contribution in [3.8, 4) is 11.5 Å². The number of carbonyl (C=O) groups excluding carboxylic acids is 1. The molecule has 1 heterocycles. The standard InChI is InChI=1S/C23H26N2O5/c1-29-21-11-8-17(12-22(21)30-20-4-2-3-5-20)18-13-23(26)24(15-18)14-16-6-9-19(10-7-16)25(27)28/h6-12,18,20H,2-5,13-15H2,1H3. The van der Waals surface area contributed by atoms with Crippen LogP contribution >= 0.6 is 0 Å². The SMILES string of the molecule is COc1ccc(C2CC(=O)N(Cc3ccc([N+](=O)[O-])cc3)C2)cc1OC1CCCC1. The number of non-ortho nitro benzene ring substituents is 1. The second-order valence-corrected chi connectivity index (χ2v) is 8.03. The summed E-state index contributed by atoms with van der Waals surface area (Å²) in [5.41, 5.74) is 2.01. The van der Waals surface area contributed by atoms with Gasteiger partial charge >= 0.3 is 0 Å². The first kappa shape index (κ1) is 20.2. The average Bonchev–Trinajstić information content (AvgIpc) is 3.38. The molecule has 1 aliphatic carbocycles. The summed E-state index contributed by atoms with van der Waals surface area (Å²) in [5.74, 6) is 1.65. The number of amides is 1. The Balaban J connectivity index is 1.45. The number of carbonyl (C=O) groups is 1. The molecule has 0 radical (unpaired) electrons. The topological polar surface area (TPSA) is 81.9 Å². The Hall–Kier alpha value is -3.09. The summed E-state index contributed by atoms with van der Waals surface area (Å²) in [6.45, 7) is 1.07. The molecule has 0 spiro atoms. The van der Waals surface area contributed by atoms with Crippen molar-refractivity contribution in [3.05, 3.63) is 63.7 Å². The van der Waals surface area contributed by atoms with Crippen molar-refractivity contribution >= 4 is 11.6 Å². The Bertz CT molecular complexity index is 922. The van der Waals surface area contributed by atoms with Crippen molar-refractivity contribution in [1.82, 2.24) is 4.90 Å². The summed E-state index contributed by atoms with van der Waals surface area (Å²) in [7, 11) is 1.64. The first-order chi connectivity index (χ1) is 14.5. The number of nitro groups is 1. The lowest BCUT2D eigenvalue weighted by Crippen LogP contribution is -2.24. The van der Waals surface area contributed by atoms with Crippen LogP contribution in [0.2, 0.25) is 0 Å². The molecule has 1 saturated heterocycles. The van der Waals surface area contributed by atoms with Crippen molar-refractivity contribution in [1.29, 1.82) is 0 Å². The molecule has 30 heavy (non-hydrogen) atoms. The van der Waals surface area contributed by atoms with E-state index >= 15 is 0 Å². The minimum atomic E-state index is -0.421. The van der Waals surface area contributed by atoms with Crippen LogP contribution in [-0.2, 0) is 11.3 Å². The number of nitro benzene ring substituents is 1. The molecule has 2 aliphatic rings. The highest BCUT2D eigenvalue weighted by Gasteiger charge is 2.31. The normalized spacial score (nSPS) is 19.3. The lowest BCUT2D eigenvalue weighted by molar-refractivity contribution is -0.384. The van der Waals surface area contributed by atoms with Crippen LogP contribution in [0.25, 0.3) is 0 Å². The van der Waals surface area contributed by atoms with Gasteiger partial charge in [0.25, 0.3) is 5.69 Å². The van der Waals surface area contributed by atoms with Crippen LogP contribution in [0.5, 0.6) is 11.5 Å².